The van der Waals surface area contributed by atoms with Gasteiger partial charge in [0.2, 0.25) is 0 Å². The average molecular weight is 322 g/mol. The second-order valence-electron chi connectivity index (χ2n) is 4.66. The van der Waals surface area contributed by atoms with Crippen LogP contribution in [0.5, 0.6) is 0 Å². The molecular weight excluding hydrogens is 304 g/mol. The van der Waals surface area contributed by atoms with Crippen molar-refractivity contribution in [1.29, 1.82) is 0 Å². The third-order valence-electron chi connectivity index (χ3n) is 2.81. The quantitative estimate of drug-likeness (QED) is 0.622. The molecule has 1 amide bonds. The van der Waals surface area contributed by atoms with Crippen molar-refractivity contribution in [3.8, 4) is 0 Å². The summed E-state index contributed by atoms with van der Waals surface area (Å²) in [6.45, 7) is 4.07. The fraction of sp³-hybridized carbons (Fsp3) is 0.400. The molecule has 0 fully saturated rings. The van der Waals surface area contributed by atoms with E-state index >= 15 is 0 Å². The van der Waals surface area contributed by atoms with Gasteiger partial charge in [0.1, 0.15) is 11.3 Å². The molecule has 0 unspecified atom stereocenters. The number of rotatable bonds is 7. The maximum absolute atomic E-state index is 11.7. The lowest BCUT2D eigenvalue weighted by Gasteiger charge is -2.12. The number of carbonyl (C=O) groups excluding carboxylic acids is 2. The van der Waals surface area contributed by atoms with E-state index in [1.54, 1.807) is 6.92 Å². The number of hydrogen-bond donors (Lipinski definition) is 1. The van der Waals surface area contributed by atoms with E-state index in [0.717, 1.165) is 23.7 Å². The summed E-state index contributed by atoms with van der Waals surface area (Å²) in [5.74, 6) is -0.730. The van der Waals surface area contributed by atoms with Gasteiger partial charge in [-0.25, -0.2) is 4.98 Å². The number of ether oxygens (including phenoxy) is 1. The molecule has 0 saturated heterocycles. The molecule has 2 rings (SSSR count). The van der Waals surface area contributed by atoms with Gasteiger partial charge in [-0.15, -0.1) is 0 Å². The minimum absolute atomic E-state index is 0.0399. The van der Waals surface area contributed by atoms with Crippen LogP contribution in [-0.4, -0.2) is 35.3 Å². The van der Waals surface area contributed by atoms with E-state index in [1.165, 1.54) is 0 Å². The Morgan fingerprint density at radius 2 is 2.18 bits per heavy atom. The van der Waals surface area contributed by atoms with Crippen LogP contribution in [0.2, 0.25) is 0 Å². The number of carbonyl (C=O) groups is 2. The largest absolute Gasteiger partial charge is 0.452 e. The zero-order chi connectivity index (χ0) is 15.9. The summed E-state index contributed by atoms with van der Waals surface area (Å²) < 4.78 is 10.6. The lowest BCUT2D eigenvalue weighted by molar-refractivity contribution is -0.152. The van der Waals surface area contributed by atoms with Crippen LogP contribution in [-0.2, 0) is 14.3 Å². The van der Waals surface area contributed by atoms with E-state index in [0.29, 0.717) is 17.4 Å². The number of amides is 1. The van der Waals surface area contributed by atoms with Crippen LogP contribution in [0.25, 0.3) is 11.1 Å². The SMILES string of the molecule is CCCNC(=O)[C@H](C)OC(=O)CSc1nc2ccccc2o1. The van der Waals surface area contributed by atoms with E-state index in [2.05, 4.69) is 10.3 Å². The standard InChI is InChI=1S/C15H18N2O4S/c1-3-8-16-14(19)10(2)20-13(18)9-22-15-17-11-6-4-5-7-12(11)21-15/h4-7,10H,3,8-9H2,1-2H3,(H,16,19)/t10-/m0/s1. The Morgan fingerprint density at radius 1 is 1.41 bits per heavy atom. The first kappa shape index (κ1) is 16.4. The van der Waals surface area contributed by atoms with Gasteiger partial charge in [-0.05, 0) is 25.5 Å². The monoisotopic (exact) mass is 322 g/mol. The highest BCUT2D eigenvalue weighted by atomic mass is 32.2. The van der Waals surface area contributed by atoms with Gasteiger partial charge in [0.05, 0.1) is 0 Å². The molecule has 6 nitrogen and oxygen atoms in total. The summed E-state index contributed by atoms with van der Waals surface area (Å²) >= 11 is 1.14. The number of oxazole rings is 1. The van der Waals surface area contributed by atoms with Crippen molar-refractivity contribution >= 4 is 34.7 Å². The second-order valence-corrected chi connectivity index (χ2v) is 5.59. The van der Waals surface area contributed by atoms with Gasteiger partial charge in [0.15, 0.2) is 11.7 Å². The zero-order valence-electron chi connectivity index (χ0n) is 12.5. The first-order valence-electron chi connectivity index (χ1n) is 7.05. The molecule has 1 aromatic heterocycles. The Hall–Kier alpha value is -2.02. The number of esters is 1. The lowest BCUT2D eigenvalue weighted by Crippen LogP contribution is -2.36. The van der Waals surface area contributed by atoms with Crippen LogP contribution in [0.3, 0.4) is 0 Å². The number of fused-ring (bicyclic) bond motifs is 1. The highest BCUT2D eigenvalue weighted by Crippen LogP contribution is 2.23. The molecule has 1 heterocycles. The molecule has 0 bridgehead atoms. The van der Waals surface area contributed by atoms with Crippen molar-refractivity contribution in [2.75, 3.05) is 12.3 Å². The van der Waals surface area contributed by atoms with Crippen LogP contribution in [0, 0.1) is 0 Å². The third kappa shape index (κ3) is 4.49. The molecule has 0 aliphatic carbocycles. The van der Waals surface area contributed by atoms with Crippen LogP contribution in [0.1, 0.15) is 20.3 Å². The van der Waals surface area contributed by atoms with Gasteiger partial charge in [-0.3, -0.25) is 9.59 Å². The number of thioether (sulfide) groups is 1. The normalized spacial score (nSPS) is 12.1. The highest BCUT2D eigenvalue weighted by molar-refractivity contribution is 7.99. The maximum atomic E-state index is 11.7. The third-order valence-corrected chi connectivity index (χ3v) is 3.62. The van der Waals surface area contributed by atoms with Gasteiger partial charge < -0.3 is 14.5 Å². The molecule has 0 radical (unpaired) electrons. The van der Waals surface area contributed by atoms with Gasteiger partial charge in [-0.1, -0.05) is 30.8 Å². The number of benzene rings is 1. The second kappa shape index (κ2) is 7.84. The van der Waals surface area contributed by atoms with E-state index in [1.807, 2.05) is 31.2 Å². The molecule has 0 saturated carbocycles. The van der Waals surface area contributed by atoms with Gasteiger partial charge >= 0.3 is 5.97 Å². The highest BCUT2D eigenvalue weighted by Gasteiger charge is 2.18. The van der Waals surface area contributed by atoms with Gasteiger partial charge in [0, 0.05) is 6.54 Å². The van der Waals surface area contributed by atoms with Crippen LogP contribution >= 0.6 is 11.8 Å². The van der Waals surface area contributed by atoms with Crippen molar-refractivity contribution in [2.45, 2.75) is 31.6 Å². The molecule has 2 aromatic rings. The van der Waals surface area contributed by atoms with Crippen molar-refractivity contribution in [3.05, 3.63) is 24.3 Å². The van der Waals surface area contributed by atoms with Crippen LogP contribution in [0.15, 0.2) is 33.9 Å². The molecule has 1 aromatic carbocycles. The lowest BCUT2D eigenvalue weighted by atomic mass is 10.3. The Morgan fingerprint density at radius 3 is 2.91 bits per heavy atom. The van der Waals surface area contributed by atoms with Crippen molar-refractivity contribution < 1.29 is 18.7 Å². The number of para-hydroxylation sites is 2. The molecule has 0 aliphatic heterocycles. The number of nitrogens with zero attached hydrogens (tertiary/aromatic N) is 1. The minimum atomic E-state index is -0.803. The van der Waals surface area contributed by atoms with Crippen molar-refractivity contribution in [1.82, 2.24) is 10.3 Å². The fourth-order valence-corrected chi connectivity index (χ4v) is 2.33. The smallest absolute Gasteiger partial charge is 0.317 e. The number of nitrogens with one attached hydrogen (secondary N) is 1. The van der Waals surface area contributed by atoms with E-state index in [-0.39, 0.29) is 11.7 Å². The van der Waals surface area contributed by atoms with E-state index in [4.69, 9.17) is 9.15 Å². The Labute approximate surface area is 132 Å². The first-order valence-corrected chi connectivity index (χ1v) is 8.04. The zero-order valence-corrected chi connectivity index (χ0v) is 13.3. The van der Waals surface area contributed by atoms with Crippen molar-refractivity contribution in [3.63, 3.8) is 0 Å². The summed E-state index contributed by atoms with van der Waals surface area (Å²) in [7, 11) is 0. The molecule has 22 heavy (non-hydrogen) atoms. The fourth-order valence-electron chi connectivity index (χ4n) is 1.71. The summed E-state index contributed by atoms with van der Waals surface area (Å²) in [4.78, 5) is 27.6. The van der Waals surface area contributed by atoms with Gasteiger partial charge in [0.25, 0.3) is 11.1 Å². The summed E-state index contributed by atoms with van der Waals surface area (Å²) in [5, 5.41) is 3.08. The topological polar surface area (TPSA) is 81.4 Å². The number of hydrogen-bond acceptors (Lipinski definition) is 6. The molecule has 0 aliphatic rings. The summed E-state index contributed by atoms with van der Waals surface area (Å²) in [6.07, 6.45) is 0.0308. The molecule has 0 spiro atoms. The Balaban J connectivity index is 1.81. The molecule has 7 heteroatoms. The van der Waals surface area contributed by atoms with Crippen molar-refractivity contribution in [2.24, 2.45) is 0 Å². The van der Waals surface area contributed by atoms with Gasteiger partial charge in [-0.2, -0.15) is 0 Å². The number of aromatic nitrogens is 1. The summed E-state index contributed by atoms with van der Waals surface area (Å²) in [6, 6.07) is 7.36. The first-order chi connectivity index (χ1) is 10.6. The molecule has 118 valence electrons. The Bertz CT molecular complexity index is 623. The predicted octanol–water partition coefficient (Wildman–Crippen LogP) is 2.38. The molecular formula is C15H18N2O4S. The predicted molar refractivity (Wildman–Crippen MR) is 83.6 cm³/mol. The maximum Gasteiger partial charge on any atom is 0.317 e. The average Bonchev–Trinajstić information content (AvgIpc) is 2.93. The Kier molecular flexibility index (Phi) is 5.83. The molecule has 1 atom stereocenters. The molecule has 1 N–H and O–H groups in total. The minimum Gasteiger partial charge on any atom is -0.452 e. The van der Waals surface area contributed by atoms with Crippen LogP contribution < -0.4 is 5.32 Å². The summed E-state index contributed by atoms with van der Waals surface area (Å²) in [5.41, 5.74) is 1.41. The van der Waals surface area contributed by atoms with Crippen LogP contribution in [0.4, 0.5) is 0 Å². The van der Waals surface area contributed by atoms with E-state index in [9.17, 15) is 9.59 Å². The van der Waals surface area contributed by atoms with E-state index < -0.39 is 12.1 Å².